The van der Waals surface area contributed by atoms with E-state index in [4.69, 9.17) is 14.9 Å². The predicted molar refractivity (Wildman–Crippen MR) is 51.8 cm³/mol. The van der Waals surface area contributed by atoms with Crippen LogP contribution < -0.4 is 0 Å². The summed E-state index contributed by atoms with van der Waals surface area (Å²) in [5, 5.41) is 16.3. The van der Waals surface area contributed by atoms with E-state index in [1.807, 2.05) is 0 Å². The monoisotopic (exact) mass is 194 g/mol. The van der Waals surface area contributed by atoms with Crippen molar-refractivity contribution in [1.29, 1.82) is 0 Å². The van der Waals surface area contributed by atoms with Gasteiger partial charge in [0.1, 0.15) is 0 Å². The number of aliphatic hydroxyl groups is 2. The van der Waals surface area contributed by atoms with Crippen molar-refractivity contribution < 1.29 is 19.7 Å². The van der Waals surface area contributed by atoms with E-state index in [1.54, 1.807) is 7.11 Å². The van der Waals surface area contributed by atoms with Gasteiger partial charge in [0, 0.05) is 13.7 Å². The highest BCUT2D eigenvalue weighted by atomic mass is 16.5. The molecule has 0 amide bonds. The zero-order valence-corrected chi connectivity index (χ0v) is 8.66. The molecule has 0 aliphatic heterocycles. The van der Waals surface area contributed by atoms with Crippen LogP contribution in [0, 0.1) is 0 Å². The van der Waals surface area contributed by atoms with Crippen LogP contribution in [0.1, 0.15) is 19.8 Å². The zero-order valence-electron chi connectivity index (χ0n) is 8.66. The third-order valence-corrected chi connectivity index (χ3v) is 1.18. The van der Waals surface area contributed by atoms with Gasteiger partial charge in [0.05, 0.1) is 26.4 Å². The van der Waals surface area contributed by atoms with Gasteiger partial charge in [-0.15, -0.1) is 0 Å². The highest BCUT2D eigenvalue weighted by molar-refractivity contribution is 4.26. The van der Waals surface area contributed by atoms with Gasteiger partial charge in [0.25, 0.3) is 0 Å². The van der Waals surface area contributed by atoms with Crippen LogP contribution in [0.2, 0.25) is 0 Å². The topological polar surface area (TPSA) is 58.9 Å². The van der Waals surface area contributed by atoms with Crippen molar-refractivity contribution in [3.63, 3.8) is 0 Å². The minimum Gasteiger partial charge on any atom is -0.396 e. The Hall–Kier alpha value is -0.160. The third-order valence-electron chi connectivity index (χ3n) is 1.18. The number of hydrogen-bond donors (Lipinski definition) is 2. The lowest BCUT2D eigenvalue weighted by atomic mass is 10.4. The first kappa shape index (κ1) is 15.3. The van der Waals surface area contributed by atoms with Gasteiger partial charge in [-0.05, 0) is 6.42 Å². The molecule has 0 aromatic heterocycles. The second-order valence-corrected chi connectivity index (χ2v) is 2.41. The summed E-state index contributed by atoms with van der Waals surface area (Å²) in [6, 6.07) is 0. The fraction of sp³-hybridized carbons (Fsp3) is 1.00. The fourth-order valence-corrected chi connectivity index (χ4v) is 0.467. The molecule has 0 aliphatic carbocycles. The van der Waals surface area contributed by atoms with E-state index in [0.717, 1.165) is 12.8 Å². The lowest BCUT2D eigenvalue weighted by Crippen LogP contribution is -2.05. The molecule has 0 unspecified atom stereocenters. The zero-order chi connectivity index (χ0) is 10.4. The van der Waals surface area contributed by atoms with Crippen LogP contribution in [0.25, 0.3) is 0 Å². The third kappa shape index (κ3) is 24.5. The highest BCUT2D eigenvalue weighted by Crippen LogP contribution is 1.78. The van der Waals surface area contributed by atoms with Gasteiger partial charge in [-0.2, -0.15) is 0 Å². The van der Waals surface area contributed by atoms with Crippen LogP contribution in [0.3, 0.4) is 0 Å². The summed E-state index contributed by atoms with van der Waals surface area (Å²) in [5.41, 5.74) is 0. The Balaban J connectivity index is 0. The van der Waals surface area contributed by atoms with Crippen molar-refractivity contribution in [2.75, 3.05) is 40.1 Å². The lowest BCUT2D eigenvalue weighted by Gasteiger charge is -1.98. The number of rotatable bonds is 7. The van der Waals surface area contributed by atoms with E-state index in [-0.39, 0.29) is 6.61 Å². The SMILES string of the molecule is CCCCO.COCCOCCO. The van der Waals surface area contributed by atoms with Crippen molar-refractivity contribution >= 4 is 0 Å². The van der Waals surface area contributed by atoms with Crippen molar-refractivity contribution in [2.24, 2.45) is 0 Å². The van der Waals surface area contributed by atoms with E-state index in [9.17, 15) is 0 Å². The molecule has 0 aliphatic rings. The normalized spacial score (nSPS) is 9.23. The molecule has 0 rings (SSSR count). The van der Waals surface area contributed by atoms with E-state index in [0.29, 0.717) is 26.4 Å². The Labute approximate surface area is 80.5 Å². The fourth-order valence-electron chi connectivity index (χ4n) is 0.467. The first-order chi connectivity index (χ1) is 6.33. The number of methoxy groups -OCH3 is 1. The van der Waals surface area contributed by atoms with Crippen molar-refractivity contribution in [3.8, 4) is 0 Å². The van der Waals surface area contributed by atoms with Crippen LogP contribution >= 0.6 is 0 Å². The second-order valence-electron chi connectivity index (χ2n) is 2.41. The summed E-state index contributed by atoms with van der Waals surface area (Å²) in [4.78, 5) is 0. The van der Waals surface area contributed by atoms with E-state index < -0.39 is 0 Å². The van der Waals surface area contributed by atoms with E-state index in [2.05, 4.69) is 11.7 Å². The Bertz CT molecular complexity index is 60.6. The molecule has 0 bridgehead atoms. The molecular weight excluding hydrogens is 172 g/mol. The molecule has 13 heavy (non-hydrogen) atoms. The first-order valence-corrected chi connectivity index (χ1v) is 4.61. The summed E-state index contributed by atoms with van der Waals surface area (Å²) >= 11 is 0. The molecule has 0 saturated carbocycles. The largest absolute Gasteiger partial charge is 0.396 e. The maximum absolute atomic E-state index is 8.20. The van der Waals surface area contributed by atoms with E-state index in [1.165, 1.54) is 0 Å². The van der Waals surface area contributed by atoms with Gasteiger partial charge >= 0.3 is 0 Å². The predicted octanol–water partition coefficient (Wildman–Crippen LogP) is 0.421. The molecule has 0 aromatic carbocycles. The van der Waals surface area contributed by atoms with Gasteiger partial charge < -0.3 is 19.7 Å². The van der Waals surface area contributed by atoms with Gasteiger partial charge in [0.2, 0.25) is 0 Å². The number of aliphatic hydroxyl groups excluding tert-OH is 2. The molecule has 82 valence electrons. The smallest absolute Gasteiger partial charge is 0.0701 e. The lowest BCUT2D eigenvalue weighted by molar-refractivity contribution is 0.0500. The van der Waals surface area contributed by atoms with Crippen molar-refractivity contribution in [2.45, 2.75) is 19.8 Å². The van der Waals surface area contributed by atoms with Crippen LogP contribution in [0.4, 0.5) is 0 Å². The number of hydrogen-bond acceptors (Lipinski definition) is 4. The van der Waals surface area contributed by atoms with Crippen molar-refractivity contribution in [3.05, 3.63) is 0 Å². The van der Waals surface area contributed by atoms with Crippen molar-refractivity contribution in [1.82, 2.24) is 0 Å². The Morgan fingerprint density at radius 3 is 2.00 bits per heavy atom. The molecule has 0 aromatic rings. The quantitative estimate of drug-likeness (QED) is 0.577. The Kier molecular flexibility index (Phi) is 21.0. The standard InChI is InChI=1S/C5H12O3.C4H10O/c1-7-4-5-8-3-2-6;1-2-3-4-5/h6H,2-5H2,1H3;5H,2-4H2,1H3. The molecule has 0 spiro atoms. The van der Waals surface area contributed by atoms with Crippen LogP contribution in [-0.2, 0) is 9.47 Å². The van der Waals surface area contributed by atoms with Crippen LogP contribution in [0.5, 0.6) is 0 Å². The van der Waals surface area contributed by atoms with Gasteiger partial charge in [-0.3, -0.25) is 0 Å². The molecule has 0 fully saturated rings. The summed E-state index contributed by atoms with van der Waals surface area (Å²) in [7, 11) is 1.61. The minimum absolute atomic E-state index is 0.0870. The Morgan fingerprint density at radius 2 is 1.69 bits per heavy atom. The molecule has 0 heterocycles. The van der Waals surface area contributed by atoms with Crippen LogP contribution in [-0.4, -0.2) is 50.4 Å². The summed E-state index contributed by atoms with van der Waals surface area (Å²) in [5.74, 6) is 0. The van der Waals surface area contributed by atoms with E-state index >= 15 is 0 Å². The summed E-state index contributed by atoms with van der Waals surface area (Å²) in [6.07, 6.45) is 2.04. The molecule has 0 saturated heterocycles. The van der Waals surface area contributed by atoms with Crippen LogP contribution in [0.15, 0.2) is 0 Å². The van der Waals surface area contributed by atoms with Gasteiger partial charge in [-0.25, -0.2) is 0 Å². The summed E-state index contributed by atoms with van der Waals surface area (Å²) in [6.45, 7) is 4.05. The van der Waals surface area contributed by atoms with Gasteiger partial charge in [-0.1, -0.05) is 13.3 Å². The average Bonchev–Trinajstić information content (AvgIpc) is 2.15. The minimum atomic E-state index is 0.0870. The maximum atomic E-state index is 8.20. The molecule has 4 heteroatoms. The molecule has 0 radical (unpaired) electrons. The molecule has 2 N–H and O–H groups in total. The highest BCUT2D eigenvalue weighted by Gasteiger charge is 1.82. The second kappa shape index (κ2) is 17.8. The molecule has 0 atom stereocenters. The molecule has 4 nitrogen and oxygen atoms in total. The molecular formula is C9H22O4. The Morgan fingerprint density at radius 1 is 1.00 bits per heavy atom. The average molecular weight is 194 g/mol. The number of ether oxygens (including phenoxy) is 2. The van der Waals surface area contributed by atoms with Gasteiger partial charge in [0.15, 0.2) is 0 Å². The maximum Gasteiger partial charge on any atom is 0.0701 e. The first-order valence-electron chi connectivity index (χ1n) is 4.61. The summed E-state index contributed by atoms with van der Waals surface area (Å²) < 4.78 is 9.53. The number of unbranched alkanes of at least 4 members (excludes halogenated alkanes) is 1.